The van der Waals surface area contributed by atoms with E-state index >= 15 is 0 Å². The number of carbonyl (C=O) groups excluding carboxylic acids is 1. The molecule has 0 atom stereocenters. The molecule has 6 nitrogen and oxygen atoms in total. The van der Waals surface area contributed by atoms with Crippen molar-refractivity contribution >= 4 is 44.2 Å². The first kappa shape index (κ1) is 19.2. The van der Waals surface area contributed by atoms with E-state index in [4.69, 9.17) is 21.3 Å². The standard InChI is InChI=1S/C18H25ClN4O2S/c1-3-4-15(24)20-7-8-22-9-11-23(12-10-22)18-21-16-14(26-18)6-5-13(19)17(16)25-2/h5-6H,3-4,7-12H2,1-2H3,(H,20,24). The zero-order valence-corrected chi connectivity index (χ0v) is 16.8. The van der Waals surface area contributed by atoms with Crippen molar-refractivity contribution in [2.24, 2.45) is 0 Å². The normalized spacial score (nSPS) is 15.4. The molecule has 1 N–H and O–H groups in total. The maximum absolute atomic E-state index is 11.5. The summed E-state index contributed by atoms with van der Waals surface area (Å²) < 4.78 is 6.49. The van der Waals surface area contributed by atoms with Crippen LogP contribution < -0.4 is 15.0 Å². The smallest absolute Gasteiger partial charge is 0.220 e. The van der Waals surface area contributed by atoms with E-state index in [0.717, 1.165) is 61.0 Å². The van der Waals surface area contributed by atoms with Gasteiger partial charge < -0.3 is 15.0 Å². The largest absolute Gasteiger partial charge is 0.493 e. The molecule has 142 valence electrons. The number of piperazine rings is 1. The van der Waals surface area contributed by atoms with Crippen LogP contribution in [0.25, 0.3) is 10.2 Å². The molecule has 0 radical (unpaired) electrons. The van der Waals surface area contributed by atoms with Crippen LogP contribution in [-0.2, 0) is 4.79 Å². The molecule has 0 unspecified atom stereocenters. The van der Waals surface area contributed by atoms with Crippen molar-refractivity contribution in [2.45, 2.75) is 19.8 Å². The molecule has 0 spiro atoms. The highest BCUT2D eigenvalue weighted by atomic mass is 35.5. The lowest BCUT2D eigenvalue weighted by Crippen LogP contribution is -2.48. The van der Waals surface area contributed by atoms with E-state index in [1.807, 2.05) is 19.1 Å². The molecule has 1 aliphatic rings. The number of rotatable bonds is 7. The van der Waals surface area contributed by atoms with Crippen LogP contribution in [0.3, 0.4) is 0 Å². The van der Waals surface area contributed by atoms with Crippen LogP contribution in [0.5, 0.6) is 5.75 Å². The molecule has 0 bridgehead atoms. The Balaban J connectivity index is 1.55. The average molecular weight is 397 g/mol. The summed E-state index contributed by atoms with van der Waals surface area (Å²) in [6.07, 6.45) is 1.50. The van der Waals surface area contributed by atoms with E-state index in [9.17, 15) is 4.79 Å². The Morgan fingerprint density at radius 1 is 1.35 bits per heavy atom. The number of ether oxygens (including phenoxy) is 1. The summed E-state index contributed by atoms with van der Waals surface area (Å²) >= 11 is 7.87. The van der Waals surface area contributed by atoms with Crippen molar-refractivity contribution in [3.8, 4) is 5.75 Å². The Kier molecular flexibility index (Phi) is 6.56. The van der Waals surface area contributed by atoms with Gasteiger partial charge in [-0.2, -0.15) is 0 Å². The maximum Gasteiger partial charge on any atom is 0.220 e. The van der Waals surface area contributed by atoms with Crippen molar-refractivity contribution in [1.29, 1.82) is 0 Å². The number of nitrogens with one attached hydrogen (secondary N) is 1. The lowest BCUT2D eigenvalue weighted by atomic mass is 10.3. The Labute approximate surface area is 163 Å². The first-order valence-corrected chi connectivity index (χ1v) is 10.2. The SMILES string of the molecule is CCCC(=O)NCCN1CCN(c2nc3c(OC)c(Cl)ccc3s2)CC1. The number of hydrogen-bond acceptors (Lipinski definition) is 6. The minimum atomic E-state index is 0.146. The van der Waals surface area contributed by atoms with Crippen LogP contribution in [0, 0.1) is 0 Å². The molecule has 1 aromatic carbocycles. The minimum absolute atomic E-state index is 0.146. The molecular formula is C18H25ClN4O2S. The average Bonchev–Trinajstić information content (AvgIpc) is 3.07. The Bertz CT molecular complexity index is 759. The predicted octanol–water partition coefficient (Wildman–Crippen LogP) is 3.00. The first-order valence-electron chi connectivity index (χ1n) is 8.99. The minimum Gasteiger partial charge on any atom is -0.493 e. The van der Waals surface area contributed by atoms with Gasteiger partial charge in [0.25, 0.3) is 0 Å². The van der Waals surface area contributed by atoms with Crippen molar-refractivity contribution in [3.63, 3.8) is 0 Å². The second-order valence-corrected chi connectivity index (χ2v) is 7.77. The zero-order chi connectivity index (χ0) is 18.5. The summed E-state index contributed by atoms with van der Waals surface area (Å²) in [5.74, 6) is 0.793. The molecule has 2 heterocycles. The van der Waals surface area contributed by atoms with Gasteiger partial charge in [0.15, 0.2) is 10.9 Å². The van der Waals surface area contributed by atoms with E-state index < -0.39 is 0 Å². The van der Waals surface area contributed by atoms with Gasteiger partial charge in [-0.05, 0) is 18.6 Å². The van der Waals surface area contributed by atoms with Gasteiger partial charge in [-0.15, -0.1) is 0 Å². The number of amides is 1. The number of hydrogen-bond donors (Lipinski definition) is 1. The molecular weight excluding hydrogens is 372 g/mol. The molecule has 3 rings (SSSR count). The molecule has 26 heavy (non-hydrogen) atoms. The van der Waals surface area contributed by atoms with Gasteiger partial charge in [0.05, 0.1) is 16.8 Å². The number of fused-ring (bicyclic) bond motifs is 1. The predicted molar refractivity (Wildman–Crippen MR) is 108 cm³/mol. The molecule has 2 aromatic rings. The molecule has 1 aliphatic heterocycles. The van der Waals surface area contributed by atoms with E-state index in [1.54, 1.807) is 18.4 Å². The highest BCUT2D eigenvalue weighted by Gasteiger charge is 2.21. The van der Waals surface area contributed by atoms with Crippen molar-refractivity contribution in [1.82, 2.24) is 15.2 Å². The molecule has 8 heteroatoms. The molecule has 1 amide bonds. The molecule has 1 fully saturated rings. The quantitative estimate of drug-likeness (QED) is 0.779. The third-order valence-electron chi connectivity index (χ3n) is 4.53. The Morgan fingerprint density at radius 3 is 2.81 bits per heavy atom. The Hall–Kier alpha value is -1.57. The van der Waals surface area contributed by atoms with Crippen LogP contribution in [0.4, 0.5) is 5.13 Å². The molecule has 1 aromatic heterocycles. The zero-order valence-electron chi connectivity index (χ0n) is 15.3. The van der Waals surface area contributed by atoms with Gasteiger partial charge in [0.1, 0.15) is 5.52 Å². The maximum atomic E-state index is 11.5. The highest BCUT2D eigenvalue weighted by molar-refractivity contribution is 7.22. The second kappa shape index (κ2) is 8.88. The third kappa shape index (κ3) is 4.39. The Morgan fingerprint density at radius 2 is 2.12 bits per heavy atom. The van der Waals surface area contributed by atoms with Gasteiger partial charge in [-0.1, -0.05) is 29.9 Å². The summed E-state index contributed by atoms with van der Waals surface area (Å²) in [5, 5.41) is 4.58. The van der Waals surface area contributed by atoms with Crippen molar-refractivity contribution in [2.75, 3.05) is 51.3 Å². The first-order chi connectivity index (χ1) is 12.6. The topological polar surface area (TPSA) is 57.7 Å². The van der Waals surface area contributed by atoms with Crippen molar-refractivity contribution < 1.29 is 9.53 Å². The third-order valence-corrected chi connectivity index (χ3v) is 5.91. The van der Waals surface area contributed by atoms with Crippen molar-refractivity contribution in [3.05, 3.63) is 17.2 Å². The van der Waals surface area contributed by atoms with Gasteiger partial charge in [-0.3, -0.25) is 9.69 Å². The van der Waals surface area contributed by atoms with E-state index in [0.29, 0.717) is 17.2 Å². The number of nitrogens with zero attached hydrogens (tertiary/aromatic N) is 3. The summed E-state index contributed by atoms with van der Waals surface area (Å²) in [6.45, 7) is 7.43. The van der Waals surface area contributed by atoms with Crippen LogP contribution in [-0.4, -0.2) is 62.2 Å². The summed E-state index contributed by atoms with van der Waals surface area (Å²) in [5.41, 5.74) is 0.834. The molecule has 1 saturated heterocycles. The number of carbonyl (C=O) groups is 1. The lowest BCUT2D eigenvalue weighted by Gasteiger charge is -2.34. The van der Waals surface area contributed by atoms with Gasteiger partial charge >= 0.3 is 0 Å². The van der Waals surface area contributed by atoms with Gasteiger partial charge in [-0.25, -0.2) is 4.98 Å². The second-order valence-electron chi connectivity index (χ2n) is 6.35. The number of thiazole rings is 1. The fraction of sp³-hybridized carbons (Fsp3) is 0.556. The fourth-order valence-corrected chi connectivity index (χ4v) is 4.34. The number of aromatic nitrogens is 1. The van der Waals surface area contributed by atoms with Crippen LogP contribution in [0.2, 0.25) is 5.02 Å². The number of anilines is 1. The van der Waals surface area contributed by atoms with Crippen LogP contribution >= 0.6 is 22.9 Å². The van der Waals surface area contributed by atoms with Gasteiger partial charge in [0.2, 0.25) is 5.91 Å². The van der Waals surface area contributed by atoms with Crippen LogP contribution in [0.1, 0.15) is 19.8 Å². The van der Waals surface area contributed by atoms with E-state index in [2.05, 4.69) is 15.1 Å². The lowest BCUT2D eigenvalue weighted by molar-refractivity contribution is -0.121. The summed E-state index contributed by atoms with van der Waals surface area (Å²) in [4.78, 5) is 21.0. The van der Waals surface area contributed by atoms with E-state index in [-0.39, 0.29) is 5.91 Å². The summed E-state index contributed by atoms with van der Waals surface area (Å²) in [7, 11) is 1.62. The molecule has 0 aliphatic carbocycles. The number of benzene rings is 1. The van der Waals surface area contributed by atoms with Crippen LogP contribution in [0.15, 0.2) is 12.1 Å². The number of halogens is 1. The summed E-state index contributed by atoms with van der Waals surface area (Å²) in [6, 6.07) is 3.85. The fourth-order valence-electron chi connectivity index (χ4n) is 3.09. The molecule has 0 saturated carbocycles. The number of methoxy groups -OCH3 is 1. The van der Waals surface area contributed by atoms with Gasteiger partial charge in [0, 0.05) is 45.7 Å². The monoisotopic (exact) mass is 396 g/mol. The van der Waals surface area contributed by atoms with E-state index in [1.165, 1.54) is 0 Å². The highest BCUT2D eigenvalue weighted by Crippen LogP contribution is 2.38.